The fourth-order valence-corrected chi connectivity index (χ4v) is 1.81. The van der Waals surface area contributed by atoms with Crippen LogP contribution in [0.5, 0.6) is 5.75 Å². The van der Waals surface area contributed by atoms with Crippen molar-refractivity contribution in [2.75, 3.05) is 13.4 Å². The maximum absolute atomic E-state index is 5.71. The Bertz CT molecular complexity index is 437. The fraction of sp³-hybridized carbons (Fsp3) is 0.688. The van der Waals surface area contributed by atoms with E-state index in [0.717, 1.165) is 29.7 Å². The highest BCUT2D eigenvalue weighted by Crippen LogP contribution is 2.28. The van der Waals surface area contributed by atoms with Gasteiger partial charge >= 0.3 is 0 Å². The zero-order chi connectivity index (χ0) is 14.6. The summed E-state index contributed by atoms with van der Waals surface area (Å²) in [5.41, 5.74) is 2.00. The molecule has 2 rings (SSSR count). The predicted octanol–water partition coefficient (Wildman–Crippen LogP) is 3.04. The highest BCUT2D eigenvalue weighted by Gasteiger charge is 2.21. The lowest BCUT2D eigenvalue weighted by Gasteiger charge is -2.21. The van der Waals surface area contributed by atoms with Gasteiger partial charge in [0.15, 0.2) is 6.79 Å². The van der Waals surface area contributed by atoms with E-state index < -0.39 is 0 Å². The summed E-state index contributed by atoms with van der Waals surface area (Å²) < 4.78 is 11.2. The number of rotatable bonds is 7. The second-order valence-corrected chi connectivity index (χ2v) is 6.58. The van der Waals surface area contributed by atoms with Crippen molar-refractivity contribution in [2.45, 2.75) is 52.6 Å². The van der Waals surface area contributed by atoms with Crippen molar-refractivity contribution < 1.29 is 9.47 Å². The number of aryl methyl sites for hydroxylation is 1. The van der Waals surface area contributed by atoms with E-state index in [0.29, 0.717) is 13.3 Å². The molecule has 0 atom stereocenters. The SMILES string of the molecule is Cc1ccc(OCOCC2CC2)c(CNC(C)(C)C)n1. The molecular weight excluding hydrogens is 252 g/mol. The van der Waals surface area contributed by atoms with Crippen molar-refractivity contribution in [3.05, 3.63) is 23.5 Å². The third kappa shape index (κ3) is 5.47. The van der Waals surface area contributed by atoms with Gasteiger partial charge in [0, 0.05) is 17.8 Å². The molecule has 1 aromatic rings. The Morgan fingerprint density at radius 2 is 2.05 bits per heavy atom. The molecule has 0 radical (unpaired) electrons. The minimum absolute atomic E-state index is 0.0607. The van der Waals surface area contributed by atoms with Crippen LogP contribution in [0.25, 0.3) is 0 Å². The van der Waals surface area contributed by atoms with Gasteiger partial charge in [0.2, 0.25) is 0 Å². The topological polar surface area (TPSA) is 43.4 Å². The van der Waals surface area contributed by atoms with Crippen LogP contribution >= 0.6 is 0 Å². The van der Waals surface area contributed by atoms with Crippen molar-refractivity contribution in [3.8, 4) is 5.75 Å². The molecule has 1 fully saturated rings. The summed E-state index contributed by atoms with van der Waals surface area (Å²) in [4.78, 5) is 4.56. The minimum atomic E-state index is 0.0607. The summed E-state index contributed by atoms with van der Waals surface area (Å²) in [5.74, 6) is 1.57. The summed E-state index contributed by atoms with van der Waals surface area (Å²) in [6.45, 7) is 10.2. The minimum Gasteiger partial charge on any atom is -0.466 e. The fourth-order valence-electron chi connectivity index (χ4n) is 1.81. The Kier molecular flexibility index (Phi) is 5.00. The van der Waals surface area contributed by atoms with Crippen molar-refractivity contribution in [2.24, 2.45) is 5.92 Å². The van der Waals surface area contributed by atoms with E-state index in [1.54, 1.807) is 0 Å². The molecule has 4 nitrogen and oxygen atoms in total. The zero-order valence-corrected chi connectivity index (χ0v) is 13.0. The van der Waals surface area contributed by atoms with Crippen molar-refractivity contribution in [3.63, 3.8) is 0 Å². The largest absolute Gasteiger partial charge is 0.466 e. The Morgan fingerprint density at radius 3 is 2.70 bits per heavy atom. The summed E-state index contributed by atoms with van der Waals surface area (Å²) in [7, 11) is 0. The molecule has 1 aromatic heterocycles. The van der Waals surface area contributed by atoms with Crippen molar-refractivity contribution in [1.82, 2.24) is 10.3 Å². The summed E-state index contributed by atoms with van der Waals surface area (Å²) in [6.07, 6.45) is 2.60. The molecule has 20 heavy (non-hydrogen) atoms. The lowest BCUT2D eigenvalue weighted by Crippen LogP contribution is -2.35. The molecule has 4 heteroatoms. The third-order valence-corrected chi connectivity index (χ3v) is 3.21. The lowest BCUT2D eigenvalue weighted by molar-refractivity contribution is 0.00911. The zero-order valence-electron chi connectivity index (χ0n) is 13.0. The number of nitrogens with one attached hydrogen (secondary N) is 1. The normalized spacial score (nSPS) is 15.4. The number of ether oxygens (including phenoxy) is 2. The summed E-state index contributed by atoms with van der Waals surface area (Å²) >= 11 is 0. The van der Waals surface area contributed by atoms with Gasteiger partial charge in [0.1, 0.15) is 5.75 Å². The van der Waals surface area contributed by atoms with Gasteiger partial charge in [-0.15, -0.1) is 0 Å². The van der Waals surface area contributed by atoms with E-state index >= 15 is 0 Å². The van der Waals surface area contributed by atoms with Gasteiger partial charge in [0.25, 0.3) is 0 Å². The quantitative estimate of drug-likeness (QED) is 0.615. The van der Waals surface area contributed by atoms with Gasteiger partial charge in [-0.05, 0) is 58.6 Å². The van der Waals surface area contributed by atoms with E-state index in [2.05, 4.69) is 31.1 Å². The second kappa shape index (κ2) is 6.55. The molecule has 1 saturated carbocycles. The average Bonchev–Trinajstić information content (AvgIpc) is 3.17. The van der Waals surface area contributed by atoms with E-state index in [4.69, 9.17) is 9.47 Å². The molecule has 0 amide bonds. The van der Waals surface area contributed by atoms with Gasteiger partial charge < -0.3 is 14.8 Å². The number of nitrogens with zero attached hydrogens (tertiary/aromatic N) is 1. The third-order valence-electron chi connectivity index (χ3n) is 3.21. The Hall–Kier alpha value is -1.13. The highest BCUT2D eigenvalue weighted by molar-refractivity contribution is 5.29. The molecular formula is C16H26N2O2. The molecule has 1 N–H and O–H groups in total. The van der Waals surface area contributed by atoms with Gasteiger partial charge in [0.05, 0.1) is 12.3 Å². The Morgan fingerprint density at radius 1 is 1.30 bits per heavy atom. The molecule has 1 aliphatic carbocycles. The molecule has 0 aromatic carbocycles. The van der Waals surface area contributed by atoms with Crippen LogP contribution < -0.4 is 10.1 Å². The molecule has 0 unspecified atom stereocenters. The van der Waals surface area contributed by atoms with Crippen LogP contribution in [0.15, 0.2) is 12.1 Å². The molecule has 0 saturated heterocycles. The van der Waals surface area contributed by atoms with Crippen LogP contribution in [-0.2, 0) is 11.3 Å². The highest BCUT2D eigenvalue weighted by atomic mass is 16.7. The lowest BCUT2D eigenvalue weighted by atomic mass is 10.1. The molecule has 1 heterocycles. The Balaban J connectivity index is 1.88. The van der Waals surface area contributed by atoms with Crippen molar-refractivity contribution in [1.29, 1.82) is 0 Å². The Labute approximate surface area is 121 Å². The molecule has 112 valence electrons. The molecule has 0 aliphatic heterocycles. The predicted molar refractivity (Wildman–Crippen MR) is 79.7 cm³/mol. The van der Waals surface area contributed by atoms with Crippen LogP contribution in [0.2, 0.25) is 0 Å². The first kappa shape index (κ1) is 15.3. The first-order valence-electron chi connectivity index (χ1n) is 7.36. The summed E-state index contributed by atoms with van der Waals surface area (Å²) in [5, 5.41) is 3.44. The first-order chi connectivity index (χ1) is 9.44. The number of aromatic nitrogens is 1. The van der Waals surface area contributed by atoms with Gasteiger partial charge in [-0.1, -0.05) is 0 Å². The van der Waals surface area contributed by atoms with E-state index in [9.17, 15) is 0 Å². The number of pyridine rings is 1. The first-order valence-corrected chi connectivity index (χ1v) is 7.36. The van der Waals surface area contributed by atoms with Crippen LogP contribution in [-0.4, -0.2) is 23.9 Å². The smallest absolute Gasteiger partial charge is 0.189 e. The summed E-state index contributed by atoms with van der Waals surface area (Å²) in [6, 6.07) is 3.94. The molecule has 0 bridgehead atoms. The number of hydrogen-bond acceptors (Lipinski definition) is 4. The maximum Gasteiger partial charge on any atom is 0.189 e. The molecule has 1 aliphatic rings. The standard InChI is InChI=1S/C16H26N2O2/c1-12-5-8-15(20-11-19-10-13-6-7-13)14(18-12)9-17-16(2,3)4/h5,8,13,17H,6-7,9-11H2,1-4H3. The van der Waals surface area contributed by atoms with Gasteiger partial charge in [-0.2, -0.15) is 0 Å². The van der Waals surface area contributed by atoms with Crippen molar-refractivity contribution >= 4 is 0 Å². The monoisotopic (exact) mass is 278 g/mol. The van der Waals surface area contributed by atoms with Gasteiger partial charge in [-0.3, -0.25) is 4.98 Å². The molecule has 0 spiro atoms. The van der Waals surface area contributed by atoms with E-state index in [1.165, 1.54) is 12.8 Å². The van der Waals surface area contributed by atoms with Crippen LogP contribution in [0.3, 0.4) is 0 Å². The van der Waals surface area contributed by atoms with Gasteiger partial charge in [-0.25, -0.2) is 0 Å². The average molecular weight is 278 g/mol. The number of hydrogen-bond donors (Lipinski definition) is 1. The van der Waals surface area contributed by atoms with Crippen LogP contribution in [0.1, 0.15) is 45.0 Å². The second-order valence-electron chi connectivity index (χ2n) is 6.58. The maximum atomic E-state index is 5.71. The van der Waals surface area contributed by atoms with E-state index in [1.807, 2.05) is 19.1 Å². The van der Waals surface area contributed by atoms with E-state index in [-0.39, 0.29) is 5.54 Å². The van der Waals surface area contributed by atoms with Crippen LogP contribution in [0.4, 0.5) is 0 Å². The van der Waals surface area contributed by atoms with Crippen LogP contribution in [0, 0.1) is 12.8 Å².